The second-order valence-electron chi connectivity index (χ2n) is 7.41. The molecule has 0 saturated carbocycles. The highest BCUT2D eigenvalue weighted by atomic mass is 16.5. The maximum atomic E-state index is 12.6. The van der Waals surface area contributed by atoms with Gasteiger partial charge >= 0.3 is 0 Å². The number of nitrogens with zero attached hydrogens (tertiary/aromatic N) is 4. The van der Waals surface area contributed by atoms with Crippen molar-refractivity contribution in [2.75, 3.05) is 38.2 Å². The lowest BCUT2D eigenvalue weighted by molar-refractivity contribution is -0.131. The Labute approximate surface area is 176 Å². The number of piperazine rings is 1. The van der Waals surface area contributed by atoms with E-state index in [1.165, 1.54) is 5.56 Å². The van der Waals surface area contributed by atoms with Gasteiger partial charge in [0.2, 0.25) is 17.7 Å². The molecule has 156 valence electrons. The van der Waals surface area contributed by atoms with Crippen molar-refractivity contribution in [3.05, 3.63) is 60.0 Å². The summed E-state index contributed by atoms with van der Waals surface area (Å²) in [7, 11) is 1.68. The standard InChI is InChI=1S/C23H26N4O3/c1-17-7-9-18(10-8-17)23-25-24-21(30-23)11-12-22(28)27-15-13-26(14-16-27)19-5-3-4-6-20(19)29-2/h3-10H,11-16H2,1-2H3. The Morgan fingerprint density at radius 1 is 1.03 bits per heavy atom. The topological polar surface area (TPSA) is 71.7 Å². The van der Waals surface area contributed by atoms with Crippen LogP contribution < -0.4 is 9.64 Å². The molecule has 0 aliphatic carbocycles. The molecule has 0 radical (unpaired) electrons. The molecular weight excluding hydrogens is 380 g/mol. The molecule has 2 heterocycles. The van der Waals surface area contributed by atoms with E-state index in [2.05, 4.69) is 21.2 Å². The van der Waals surface area contributed by atoms with Gasteiger partial charge in [0.15, 0.2) is 0 Å². The van der Waals surface area contributed by atoms with Crippen molar-refractivity contribution in [1.82, 2.24) is 15.1 Å². The van der Waals surface area contributed by atoms with E-state index in [0.29, 0.717) is 37.7 Å². The molecule has 7 heteroatoms. The smallest absolute Gasteiger partial charge is 0.247 e. The van der Waals surface area contributed by atoms with Crippen LogP contribution in [0.1, 0.15) is 17.9 Å². The van der Waals surface area contributed by atoms with Crippen LogP contribution in [0.5, 0.6) is 5.75 Å². The van der Waals surface area contributed by atoms with Crippen LogP contribution in [0, 0.1) is 6.92 Å². The zero-order chi connectivity index (χ0) is 20.9. The van der Waals surface area contributed by atoms with Gasteiger partial charge in [0, 0.05) is 44.6 Å². The zero-order valence-corrected chi connectivity index (χ0v) is 17.4. The number of aromatic nitrogens is 2. The van der Waals surface area contributed by atoms with E-state index in [0.717, 1.165) is 30.1 Å². The molecule has 1 fully saturated rings. The second-order valence-corrected chi connectivity index (χ2v) is 7.41. The third-order valence-electron chi connectivity index (χ3n) is 5.38. The van der Waals surface area contributed by atoms with Gasteiger partial charge in [-0.15, -0.1) is 10.2 Å². The lowest BCUT2D eigenvalue weighted by atomic mass is 10.1. The maximum Gasteiger partial charge on any atom is 0.247 e. The molecule has 0 spiro atoms. The lowest BCUT2D eigenvalue weighted by Gasteiger charge is -2.36. The predicted octanol–water partition coefficient (Wildman–Crippen LogP) is 3.34. The van der Waals surface area contributed by atoms with E-state index >= 15 is 0 Å². The SMILES string of the molecule is COc1ccccc1N1CCN(C(=O)CCc2nnc(-c3ccc(C)cc3)o2)CC1. The Hall–Kier alpha value is -3.35. The van der Waals surface area contributed by atoms with Crippen LogP contribution in [-0.2, 0) is 11.2 Å². The number of carbonyl (C=O) groups is 1. The van der Waals surface area contributed by atoms with Crippen molar-refractivity contribution in [3.63, 3.8) is 0 Å². The third-order valence-corrected chi connectivity index (χ3v) is 5.38. The predicted molar refractivity (Wildman–Crippen MR) is 115 cm³/mol. The average molecular weight is 406 g/mol. The summed E-state index contributed by atoms with van der Waals surface area (Å²) >= 11 is 0. The second kappa shape index (κ2) is 8.98. The number of carbonyl (C=O) groups excluding carboxylic acids is 1. The third kappa shape index (κ3) is 4.45. The minimum Gasteiger partial charge on any atom is -0.495 e. The first-order chi connectivity index (χ1) is 14.6. The molecule has 0 N–H and O–H groups in total. The molecular formula is C23H26N4O3. The highest BCUT2D eigenvalue weighted by Gasteiger charge is 2.23. The molecule has 1 aliphatic rings. The number of anilines is 1. The zero-order valence-electron chi connectivity index (χ0n) is 17.4. The summed E-state index contributed by atoms with van der Waals surface area (Å²) in [5.74, 6) is 1.96. The van der Waals surface area contributed by atoms with Crippen LogP contribution in [0.3, 0.4) is 0 Å². The van der Waals surface area contributed by atoms with Crippen LogP contribution in [0.4, 0.5) is 5.69 Å². The molecule has 1 aliphatic heterocycles. The number of rotatable bonds is 6. The fourth-order valence-corrected chi connectivity index (χ4v) is 3.63. The summed E-state index contributed by atoms with van der Waals surface area (Å²) in [5.41, 5.74) is 3.13. The number of methoxy groups -OCH3 is 1. The molecule has 30 heavy (non-hydrogen) atoms. The monoisotopic (exact) mass is 406 g/mol. The number of hydrogen-bond donors (Lipinski definition) is 0. The maximum absolute atomic E-state index is 12.6. The minimum atomic E-state index is 0.116. The summed E-state index contributed by atoms with van der Waals surface area (Å²) in [5, 5.41) is 8.20. The van der Waals surface area contributed by atoms with Crippen molar-refractivity contribution in [1.29, 1.82) is 0 Å². The molecule has 2 aromatic carbocycles. The van der Waals surface area contributed by atoms with Gasteiger partial charge in [0.25, 0.3) is 0 Å². The van der Waals surface area contributed by atoms with Gasteiger partial charge in [0.1, 0.15) is 5.75 Å². The fourth-order valence-electron chi connectivity index (χ4n) is 3.63. The Morgan fingerprint density at radius 2 is 1.77 bits per heavy atom. The van der Waals surface area contributed by atoms with E-state index in [1.807, 2.05) is 54.3 Å². The molecule has 0 unspecified atom stereocenters. The van der Waals surface area contributed by atoms with Gasteiger partial charge in [-0.2, -0.15) is 0 Å². The molecule has 1 amide bonds. The van der Waals surface area contributed by atoms with Crippen LogP contribution in [0.15, 0.2) is 52.9 Å². The molecule has 0 bridgehead atoms. The Morgan fingerprint density at radius 3 is 2.50 bits per heavy atom. The summed E-state index contributed by atoms with van der Waals surface area (Å²) in [6.07, 6.45) is 0.814. The van der Waals surface area contributed by atoms with E-state index in [4.69, 9.17) is 9.15 Å². The quantitative estimate of drug-likeness (QED) is 0.625. The summed E-state index contributed by atoms with van der Waals surface area (Å²) in [6.45, 7) is 4.98. The number of benzene rings is 2. The van der Waals surface area contributed by atoms with Gasteiger partial charge in [0.05, 0.1) is 12.8 Å². The van der Waals surface area contributed by atoms with E-state index in [-0.39, 0.29) is 5.91 Å². The molecule has 0 atom stereocenters. The Bertz CT molecular complexity index is 992. The average Bonchev–Trinajstić information content (AvgIpc) is 3.27. The summed E-state index contributed by atoms with van der Waals surface area (Å²) < 4.78 is 11.2. The molecule has 7 nitrogen and oxygen atoms in total. The number of amides is 1. The van der Waals surface area contributed by atoms with Crippen molar-refractivity contribution >= 4 is 11.6 Å². The minimum absolute atomic E-state index is 0.116. The van der Waals surface area contributed by atoms with E-state index in [9.17, 15) is 4.79 Å². The summed E-state index contributed by atoms with van der Waals surface area (Å²) in [4.78, 5) is 16.8. The van der Waals surface area contributed by atoms with Crippen LogP contribution in [-0.4, -0.2) is 54.3 Å². The van der Waals surface area contributed by atoms with Gasteiger partial charge in [-0.25, -0.2) is 0 Å². The Balaban J connectivity index is 1.29. The Kier molecular flexibility index (Phi) is 5.97. The van der Waals surface area contributed by atoms with Gasteiger partial charge in [-0.3, -0.25) is 4.79 Å². The summed E-state index contributed by atoms with van der Waals surface area (Å²) in [6, 6.07) is 15.9. The number of aryl methyl sites for hydroxylation is 2. The van der Waals surface area contributed by atoms with Gasteiger partial charge < -0.3 is 19.0 Å². The highest BCUT2D eigenvalue weighted by Crippen LogP contribution is 2.28. The van der Waals surface area contributed by atoms with Crippen molar-refractivity contribution < 1.29 is 13.9 Å². The number of ether oxygens (including phenoxy) is 1. The largest absolute Gasteiger partial charge is 0.495 e. The molecule has 1 aromatic heterocycles. The first-order valence-corrected chi connectivity index (χ1v) is 10.2. The first kappa shape index (κ1) is 19.9. The van der Waals surface area contributed by atoms with Gasteiger partial charge in [-0.05, 0) is 31.2 Å². The fraction of sp³-hybridized carbons (Fsp3) is 0.348. The van der Waals surface area contributed by atoms with E-state index < -0.39 is 0 Å². The normalized spacial score (nSPS) is 14.1. The number of hydrogen-bond acceptors (Lipinski definition) is 6. The van der Waals surface area contributed by atoms with E-state index in [1.54, 1.807) is 7.11 Å². The lowest BCUT2D eigenvalue weighted by Crippen LogP contribution is -2.48. The molecule has 4 rings (SSSR count). The number of para-hydroxylation sites is 2. The first-order valence-electron chi connectivity index (χ1n) is 10.2. The molecule has 3 aromatic rings. The van der Waals surface area contributed by atoms with Crippen molar-refractivity contribution in [2.24, 2.45) is 0 Å². The van der Waals surface area contributed by atoms with Crippen LogP contribution in [0.25, 0.3) is 11.5 Å². The van der Waals surface area contributed by atoms with Crippen molar-refractivity contribution in [2.45, 2.75) is 19.8 Å². The molecule has 1 saturated heterocycles. The van der Waals surface area contributed by atoms with Crippen molar-refractivity contribution in [3.8, 4) is 17.2 Å². The van der Waals surface area contributed by atoms with Gasteiger partial charge in [-0.1, -0.05) is 29.8 Å². The highest BCUT2D eigenvalue weighted by molar-refractivity contribution is 5.76. The van der Waals surface area contributed by atoms with Crippen LogP contribution >= 0.6 is 0 Å². The van der Waals surface area contributed by atoms with Crippen LogP contribution in [0.2, 0.25) is 0 Å².